The Morgan fingerprint density at radius 3 is 2.36 bits per heavy atom. The van der Waals surface area contributed by atoms with Gasteiger partial charge in [0.2, 0.25) is 11.9 Å². The van der Waals surface area contributed by atoms with E-state index in [2.05, 4.69) is 69.4 Å². The van der Waals surface area contributed by atoms with Crippen LogP contribution in [0.3, 0.4) is 0 Å². The van der Waals surface area contributed by atoms with E-state index in [1.54, 1.807) is 11.3 Å². The van der Waals surface area contributed by atoms with Crippen LogP contribution in [0.4, 0.5) is 11.8 Å². The Kier molecular flexibility index (Phi) is 7.73. The maximum atomic E-state index is 11.8. The average Bonchev–Trinajstić information content (AvgIpc) is 3.62. The van der Waals surface area contributed by atoms with Crippen LogP contribution >= 0.6 is 11.3 Å². The van der Waals surface area contributed by atoms with Crippen molar-refractivity contribution in [2.45, 2.75) is 38.1 Å². The van der Waals surface area contributed by atoms with Gasteiger partial charge in [0.05, 0.1) is 11.3 Å². The lowest BCUT2D eigenvalue weighted by molar-refractivity contribution is -0.121. The number of hydrogen-bond donors (Lipinski definition) is 1. The van der Waals surface area contributed by atoms with Gasteiger partial charge in [0.25, 0.3) is 0 Å². The lowest BCUT2D eigenvalue weighted by atomic mass is 9.94. The summed E-state index contributed by atoms with van der Waals surface area (Å²) < 4.78 is 0. The number of aromatic nitrogens is 2. The quantitative estimate of drug-likeness (QED) is 0.480. The van der Waals surface area contributed by atoms with Gasteiger partial charge in [-0.15, -0.1) is 11.3 Å². The summed E-state index contributed by atoms with van der Waals surface area (Å²) in [7, 11) is 4.42. The number of nitrogens with two attached hydrogens (primary N) is 1. The van der Waals surface area contributed by atoms with Crippen molar-refractivity contribution in [1.29, 1.82) is 0 Å². The molecule has 2 aromatic heterocycles. The standard InChI is InChI=1S/C30H41N7OS/c1-34(2)24-11-13-35(14-12-24)18-21-8-15-36(16-9-21)28-26-25(22-6-4-3-5-7-22)20-39-29(26)33-30(32-28)37-17-10-23(19-37)27(31)38/h3-7,20-21,23-24H,8-19H2,1-2H3,(H2,31,38). The first-order valence-corrected chi connectivity index (χ1v) is 15.4. The van der Waals surface area contributed by atoms with E-state index in [1.807, 2.05) is 0 Å². The second-order valence-corrected chi connectivity index (χ2v) is 12.7. The van der Waals surface area contributed by atoms with Crippen LogP contribution in [0.5, 0.6) is 0 Å². The summed E-state index contributed by atoms with van der Waals surface area (Å²) in [5.74, 6) is 2.15. The molecule has 0 radical (unpaired) electrons. The number of fused-ring (bicyclic) bond motifs is 1. The number of nitrogens with zero attached hydrogens (tertiary/aromatic N) is 6. The maximum absolute atomic E-state index is 11.8. The zero-order valence-corrected chi connectivity index (χ0v) is 24.1. The maximum Gasteiger partial charge on any atom is 0.228 e. The van der Waals surface area contributed by atoms with Crippen LogP contribution in [0.1, 0.15) is 32.1 Å². The van der Waals surface area contributed by atoms with E-state index >= 15 is 0 Å². The van der Waals surface area contributed by atoms with Crippen molar-refractivity contribution in [3.05, 3.63) is 35.7 Å². The van der Waals surface area contributed by atoms with Gasteiger partial charge in [-0.1, -0.05) is 30.3 Å². The Morgan fingerprint density at radius 2 is 1.69 bits per heavy atom. The van der Waals surface area contributed by atoms with Crippen LogP contribution in [-0.2, 0) is 4.79 Å². The van der Waals surface area contributed by atoms with Crippen LogP contribution < -0.4 is 15.5 Å². The number of carbonyl (C=O) groups excluding carboxylic acids is 1. The number of primary amides is 1. The third-order valence-corrected chi connectivity index (χ3v) is 9.95. The minimum atomic E-state index is -0.227. The Bertz CT molecular complexity index is 1280. The van der Waals surface area contributed by atoms with Crippen molar-refractivity contribution in [2.24, 2.45) is 17.6 Å². The molecule has 1 amide bonds. The van der Waals surface area contributed by atoms with Gasteiger partial charge >= 0.3 is 0 Å². The molecule has 9 heteroatoms. The largest absolute Gasteiger partial charge is 0.369 e. The molecule has 0 aliphatic carbocycles. The Balaban J connectivity index is 1.23. The van der Waals surface area contributed by atoms with E-state index in [1.165, 1.54) is 56.4 Å². The van der Waals surface area contributed by atoms with Gasteiger partial charge in [-0.05, 0) is 70.8 Å². The molecule has 1 atom stereocenters. The van der Waals surface area contributed by atoms with Crippen molar-refractivity contribution in [2.75, 3.05) is 69.7 Å². The molecule has 3 aromatic rings. The molecule has 3 saturated heterocycles. The van der Waals surface area contributed by atoms with Crippen molar-refractivity contribution >= 4 is 39.2 Å². The van der Waals surface area contributed by atoms with E-state index < -0.39 is 0 Å². The number of hydrogen-bond acceptors (Lipinski definition) is 8. The van der Waals surface area contributed by atoms with Gasteiger partial charge in [-0.25, -0.2) is 4.98 Å². The summed E-state index contributed by atoms with van der Waals surface area (Å²) in [6.07, 6.45) is 5.70. The highest BCUT2D eigenvalue weighted by Crippen LogP contribution is 2.41. The Morgan fingerprint density at radius 1 is 0.974 bits per heavy atom. The summed E-state index contributed by atoms with van der Waals surface area (Å²) in [5.41, 5.74) is 8.03. The number of anilines is 2. The zero-order chi connectivity index (χ0) is 26.9. The average molecular weight is 548 g/mol. The molecule has 1 aromatic carbocycles. The molecule has 3 aliphatic rings. The van der Waals surface area contributed by atoms with Gasteiger partial charge in [0.1, 0.15) is 10.6 Å². The molecule has 0 spiro atoms. The van der Waals surface area contributed by atoms with Crippen LogP contribution in [0.2, 0.25) is 0 Å². The minimum absolute atomic E-state index is 0.130. The first kappa shape index (κ1) is 26.5. The first-order chi connectivity index (χ1) is 19.0. The van der Waals surface area contributed by atoms with Gasteiger partial charge < -0.3 is 25.3 Å². The monoisotopic (exact) mass is 547 g/mol. The summed E-state index contributed by atoms with van der Waals surface area (Å²) in [6.45, 7) is 7.05. The molecule has 1 unspecified atom stereocenters. The predicted molar refractivity (Wildman–Crippen MR) is 160 cm³/mol. The second-order valence-electron chi connectivity index (χ2n) is 11.8. The van der Waals surface area contributed by atoms with Crippen molar-refractivity contribution in [3.8, 4) is 11.1 Å². The molecule has 8 nitrogen and oxygen atoms in total. The number of rotatable bonds is 7. The van der Waals surface area contributed by atoms with Crippen molar-refractivity contribution in [3.63, 3.8) is 0 Å². The van der Waals surface area contributed by atoms with E-state index in [0.29, 0.717) is 6.54 Å². The van der Waals surface area contributed by atoms with Crippen LogP contribution in [0.25, 0.3) is 21.3 Å². The van der Waals surface area contributed by atoms with E-state index in [4.69, 9.17) is 15.7 Å². The molecule has 3 fully saturated rings. The van der Waals surface area contributed by atoms with Gasteiger partial charge in [-0.3, -0.25) is 4.79 Å². The van der Waals surface area contributed by atoms with Gasteiger partial charge in [0.15, 0.2) is 0 Å². The number of thiophene rings is 1. The van der Waals surface area contributed by atoms with E-state index in [9.17, 15) is 4.79 Å². The fourth-order valence-electron chi connectivity index (χ4n) is 6.60. The van der Waals surface area contributed by atoms with Crippen molar-refractivity contribution < 1.29 is 4.79 Å². The molecular formula is C30H41N7OS. The third kappa shape index (κ3) is 5.62. The Hall–Kier alpha value is -2.75. The second kappa shape index (κ2) is 11.4. The van der Waals surface area contributed by atoms with Crippen molar-refractivity contribution in [1.82, 2.24) is 19.8 Å². The Labute approximate surface area is 235 Å². The molecular weight excluding hydrogens is 506 g/mol. The third-order valence-electron chi connectivity index (χ3n) is 9.08. The molecule has 3 aliphatic heterocycles. The number of benzene rings is 1. The molecule has 208 valence electrons. The van der Waals surface area contributed by atoms with Gasteiger partial charge in [0, 0.05) is 49.7 Å². The molecule has 39 heavy (non-hydrogen) atoms. The SMILES string of the molecule is CN(C)C1CCN(CC2CCN(c3nc(N4CCC(C(N)=O)C4)nc4scc(-c5ccccc5)c34)CC2)CC1. The fraction of sp³-hybridized carbons (Fsp3) is 0.567. The molecule has 0 saturated carbocycles. The molecule has 6 rings (SSSR count). The van der Waals surface area contributed by atoms with Crippen LogP contribution in [0, 0.1) is 11.8 Å². The summed E-state index contributed by atoms with van der Waals surface area (Å²) in [5, 5.41) is 3.38. The fourth-order valence-corrected chi connectivity index (χ4v) is 7.53. The topological polar surface area (TPSA) is 81.8 Å². The lowest BCUT2D eigenvalue weighted by Crippen LogP contribution is -2.45. The molecule has 2 N–H and O–H groups in total. The number of amides is 1. The normalized spacial score (nSPS) is 21.9. The predicted octanol–water partition coefficient (Wildman–Crippen LogP) is 3.91. The van der Waals surface area contributed by atoms with Gasteiger partial charge in [-0.2, -0.15) is 4.98 Å². The molecule has 5 heterocycles. The zero-order valence-electron chi connectivity index (χ0n) is 23.3. The van der Waals surface area contributed by atoms with E-state index in [0.717, 1.165) is 60.0 Å². The first-order valence-electron chi connectivity index (χ1n) is 14.5. The summed E-state index contributed by atoms with van der Waals surface area (Å²) >= 11 is 1.69. The summed E-state index contributed by atoms with van der Waals surface area (Å²) in [6, 6.07) is 11.3. The number of piperidine rings is 2. The highest BCUT2D eigenvalue weighted by molar-refractivity contribution is 7.17. The summed E-state index contributed by atoms with van der Waals surface area (Å²) in [4.78, 5) is 32.8. The smallest absolute Gasteiger partial charge is 0.228 e. The van der Waals surface area contributed by atoms with Crippen LogP contribution in [0.15, 0.2) is 35.7 Å². The minimum Gasteiger partial charge on any atom is -0.369 e. The highest BCUT2D eigenvalue weighted by Gasteiger charge is 2.31. The van der Waals surface area contributed by atoms with E-state index in [-0.39, 0.29) is 11.8 Å². The number of likely N-dealkylation sites (tertiary alicyclic amines) is 1. The number of carbonyl (C=O) groups is 1. The molecule has 0 bridgehead atoms. The highest BCUT2D eigenvalue weighted by atomic mass is 32.1. The lowest BCUT2D eigenvalue weighted by Gasteiger charge is -2.39. The van der Waals surface area contributed by atoms with Crippen LogP contribution in [-0.4, -0.2) is 91.6 Å².